The number of aromatic nitrogens is 3. The molecule has 0 aliphatic rings. The molecule has 0 saturated heterocycles. The largest absolute Gasteiger partial charge is 0.391 e. The maximum atomic E-state index is 11.8. The second kappa shape index (κ2) is 7.12. The fourth-order valence-corrected chi connectivity index (χ4v) is 2.81. The highest BCUT2D eigenvalue weighted by molar-refractivity contribution is 7.78. The fourth-order valence-electron chi connectivity index (χ4n) is 2.02. The van der Waals surface area contributed by atoms with Crippen LogP contribution in [0.1, 0.15) is 11.8 Å². The molecular weight excluding hydrogens is 346 g/mol. The van der Waals surface area contributed by atoms with Crippen molar-refractivity contribution in [3.63, 3.8) is 0 Å². The number of amides is 2. The summed E-state index contributed by atoms with van der Waals surface area (Å²) in [4.78, 5) is 25.9. The summed E-state index contributed by atoms with van der Waals surface area (Å²) in [6.45, 7) is 2.29. The molecule has 124 valence electrons. The van der Waals surface area contributed by atoms with E-state index in [9.17, 15) is 4.79 Å². The van der Waals surface area contributed by atoms with E-state index >= 15 is 0 Å². The lowest BCUT2D eigenvalue weighted by atomic mass is 10.2. The molecule has 24 heavy (non-hydrogen) atoms. The van der Waals surface area contributed by atoms with Gasteiger partial charge in [0.2, 0.25) is 0 Å². The van der Waals surface area contributed by atoms with Crippen molar-refractivity contribution in [3.05, 3.63) is 34.7 Å². The van der Waals surface area contributed by atoms with Crippen LogP contribution < -0.4 is 5.32 Å². The summed E-state index contributed by atoms with van der Waals surface area (Å²) in [6, 6.07) is 4.92. The lowest BCUT2D eigenvalue weighted by molar-refractivity contribution is 0.240. The molecule has 2 N–H and O–H groups in total. The quantitative estimate of drug-likeness (QED) is 0.622. The Morgan fingerprint density at radius 3 is 2.96 bits per heavy atom. The predicted molar refractivity (Wildman–Crippen MR) is 97.0 cm³/mol. The average molecular weight is 361 g/mol. The van der Waals surface area contributed by atoms with E-state index in [0.29, 0.717) is 29.2 Å². The van der Waals surface area contributed by atoms with Gasteiger partial charge in [0, 0.05) is 22.4 Å². The van der Waals surface area contributed by atoms with Crippen LogP contribution in [0.4, 0.5) is 10.6 Å². The normalized spacial score (nSPS) is 10.8. The minimum Gasteiger partial charge on any atom is -0.391 e. The van der Waals surface area contributed by atoms with E-state index in [4.69, 9.17) is 5.11 Å². The maximum Gasteiger partial charge on any atom is 0.332 e. The summed E-state index contributed by atoms with van der Waals surface area (Å²) in [5.74, 6) is 0.382. The van der Waals surface area contributed by atoms with Crippen LogP contribution in [0.2, 0.25) is 0 Å². The van der Waals surface area contributed by atoms with E-state index < -0.39 is 0 Å². The second-order valence-electron chi connectivity index (χ2n) is 4.90. The highest BCUT2D eigenvalue weighted by Crippen LogP contribution is 2.25. The van der Waals surface area contributed by atoms with E-state index in [1.807, 2.05) is 18.4 Å². The van der Waals surface area contributed by atoms with E-state index in [-0.39, 0.29) is 12.6 Å². The van der Waals surface area contributed by atoms with Gasteiger partial charge in [-0.25, -0.2) is 14.8 Å². The molecule has 0 aliphatic carbocycles. The van der Waals surface area contributed by atoms with Crippen LogP contribution in [0.3, 0.4) is 0 Å². The number of nitrogens with zero attached hydrogens (tertiary/aromatic N) is 4. The van der Waals surface area contributed by atoms with Crippen molar-refractivity contribution in [1.29, 1.82) is 0 Å². The Morgan fingerprint density at radius 2 is 2.25 bits per heavy atom. The summed E-state index contributed by atoms with van der Waals surface area (Å²) < 4.78 is 1.25. The number of nitrogens with one attached hydrogen (secondary N) is 1. The second-order valence-corrected chi connectivity index (χ2v) is 6.38. The van der Waals surface area contributed by atoms with Gasteiger partial charge in [-0.3, -0.25) is 14.6 Å². The van der Waals surface area contributed by atoms with Crippen molar-refractivity contribution in [2.45, 2.75) is 13.5 Å². The zero-order valence-electron chi connectivity index (χ0n) is 12.8. The monoisotopic (exact) mass is 361 g/mol. The van der Waals surface area contributed by atoms with Crippen LogP contribution in [0.25, 0.3) is 22.4 Å². The Kier molecular flexibility index (Phi) is 4.93. The summed E-state index contributed by atoms with van der Waals surface area (Å²) in [6.07, 6.45) is 1.66. The van der Waals surface area contributed by atoms with Crippen molar-refractivity contribution < 1.29 is 9.90 Å². The van der Waals surface area contributed by atoms with Crippen molar-refractivity contribution in [2.24, 2.45) is 0 Å². The summed E-state index contributed by atoms with van der Waals surface area (Å²) in [7, 11) is 0. The minimum atomic E-state index is -0.359. The SMILES string of the molecule is CCN(S)C(=O)Nc1ccc2ncc(-c3csc(CO)c3)nc2n1. The van der Waals surface area contributed by atoms with Gasteiger partial charge >= 0.3 is 6.03 Å². The van der Waals surface area contributed by atoms with Gasteiger partial charge in [-0.2, -0.15) is 0 Å². The Hall–Kier alpha value is -2.23. The third kappa shape index (κ3) is 3.48. The molecule has 3 heterocycles. The first kappa shape index (κ1) is 16.6. The molecule has 0 saturated carbocycles. The number of fused-ring (bicyclic) bond motifs is 1. The van der Waals surface area contributed by atoms with Gasteiger partial charge in [-0.1, -0.05) is 12.8 Å². The molecule has 0 fully saturated rings. The summed E-state index contributed by atoms with van der Waals surface area (Å²) >= 11 is 5.51. The van der Waals surface area contributed by atoms with Crippen molar-refractivity contribution in [2.75, 3.05) is 11.9 Å². The molecule has 0 bridgehead atoms. The first-order chi connectivity index (χ1) is 11.6. The minimum absolute atomic E-state index is 0.00222. The Bertz CT molecular complexity index is 883. The van der Waals surface area contributed by atoms with Crippen LogP contribution in [-0.4, -0.2) is 36.9 Å². The van der Waals surface area contributed by atoms with E-state index in [1.165, 1.54) is 15.6 Å². The van der Waals surface area contributed by atoms with Crippen molar-refractivity contribution in [3.8, 4) is 11.3 Å². The highest BCUT2D eigenvalue weighted by atomic mass is 32.1. The van der Waals surface area contributed by atoms with Gasteiger partial charge in [0.05, 0.1) is 18.5 Å². The standard InChI is InChI=1S/C15H15N5O2S2/c1-2-20(23)15(22)19-13-4-3-11-14(18-13)17-12(6-16-11)9-5-10(7-21)24-8-9/h3-6,8,21,23H,2,7H2,1H3,(H,17,18,19,22). The zero-order chi connectivity index (χ0) is 17.1. The Balaban J connectivity index is 1.91. The number of urea groups is 1. The number of hydrogen-bond donors (Lipinski definition) is 3. The first-order valence-electron chi connectivity index (χ1n) is 7.20. The molecule has 7 nitrogen and oxygen atoms in total. The fraction of sp³-hybridized carbons (Fsp3) is 0.200. The number of carbonyl (C=O) groups is 1. The zero-order valence-corrected chi connectivity index (χ0v) is 14.5. The van der Waals surface area contributed by atoms with Gasteiger partial charge in [0.1, 0.15) is 11.3 Å². The van der Waals surface area contributed by atoms with E-state index in [0.717, 1.165) is 10.4 Å². The number of pyridine rings is 1. The molecule has 0 spiro atoms. The summed E-state index contributed by atoms with van der Waals surface area (Å²) in [5.41, 5.74) is 2.61. The number of thiol groups is 1. The van der Waals surface area contributed by atoms with Gasteiger partial charge in [0.15, 0.2) is 5.65 Å². The third-order valence-electron chi connectivity index (χ3n) is 3.28. The number of aliphatic hydroxyl groups is 1. The molecule has 0 atom stereocenters. The first-order valence-corrected chi connectivity index (χ1v) is 8.48. The Morgan fingerprint density at radius 1 is 1.42 bits per heavy atom. The van der Waals surface area contributed by atoms with Crippen LogP contribution in [0.5, 0.6) is 0 Å². The van der Waals surface area contributed by atoms with Gasteiger partial charge < -0.3 is 5.11 Å². The van der Waals surface area contributed by atoms with Crippen molar-refractivity contribution >= 4 is 47.2 Å². The topological polar surface area (TPSA) is 91.2 Å². The molecule has 0 radical (unpaired) electrons. The highest BCUT2D eigenvalue weighted by Gasteiger charge is 2.11. The number of hydrogen-bond acceptors (Lipinski definition) is 7. The molecule has 9 heteroatoms. The number of aliphatic hydroxyl groups excluding tert-OH is 1. The third-order valence-corrected chi connectivity index (χ3v) is 4.67. The van der Waals surface area contributed by atoms with Crippen molar-refractivity contribution in [1.82, 2.24) is 19.3 Å². The molecule has 0 aromatic carbocycles. The Labute approximate surface area is 147 Å². The molecule has 3 rings (SSSR count). The number of rotatable bonds is 4. The molecule has 2 amide bonds. The van der Waals surface area contributed by atoms with Crippen LogP contribution >= 0.6 is 24.2 Å². The van der Waals surface area contributed by atoms with Gasteiger partial charge in [0.25, 0.3) is 0 Å². The van der Waals surface area contributed by atoms with Gasteiger partial charge in [-0.15, -0.1) is 11.3 Å². The lowest BCUT2D eigenvalue weighted by Gasteiger charge is -2.13. The van der Waals surface area contributed by atoms with Crippen LogP contribution in [-0.2, 0) is 6.61 Å². The predicted octanol–water partition coefficient (Wildman–Crippen LogP) is 2.94. The molecule has 0 aliphatic heterocycles. The summed E-state index contributed by atoms with van der Waals surface area (Å²) in [5, 5.41) is 13.7. The molecule has 3 aromatic heterocycles. The molecule has 3 aromatic rings. The van der Waals surface area contributed by atoms with Crippen LogP contribution in [0, 0.1) is 0 Å². The van der Waals surface area contributed by atoms with Crippen LogP contribution in [0.15, 0.2) is 29.8 Å². The average Bonchev–Trinajstić information content (AvgIpc) is 3.09. The molecular formula is C15H15N5O2S2. The van der Waals surface area contributed by atoms with E-state index in [1.54, 1.807) is 18.3 Å². The smallest absolute Gasteiger partial charge is 0.332 e. The van der Waals surface area contributed by atoms with E-state index in [2.05, 4.69) is 33.1 Å². The lowest BCUT2D eigenvalue weighted by Crippen LogP contribution is -2.27. The number of carbonyl (C=O) groups excluding carboxylic acids is 1. The number of thiophene rings is 1. The van der Waals surface area contributed by atoms with Gasteiger partial charge in [-0.05, 0) is 25.1 Å². The maximum absolute atomic E-state index is 11.8. The number of anilines is 1. The molecule has 0 unspecified atom stereocenters.